The number of rotatable bonds is 7. The number of hydrogen-bond donors (Lipinski definition) is 1. The highest BCUT2D eigenvalue weighted by molar-refractivity contribution is 5.69. The van der Waals surface area contributed by atoms with Gasteiger partial charge in [-0.1, -0.05) is 32.0 Å². The second-order valence-corrected chi connectivity index (χ2v) is 5.65. The summed E-state index contributed by atoms with van der Waals surface area (Å²) in [5.41, 5.74) is 6.31. The maximum atomic E-state index is 4.68. The van der Waals surface area contributed by atoms with Crippen LogP contribution in [0.5, 0.6) is 0 Å². The lowest BCUT2D eigenvalue weighted by Crippen LogP contribution is -2.13. The normalized spacial score (nSPS) is 11.0. The van der Waals surface area contributed by atoms with E-state index >= 15 is 0 Å². The molecule has 1 N–H and O–H groups in total. The standard InChI is InChI=1S/C18H27N3/c1-5-10-19-13-16-8-7-9-17(12-16)18-14(3)20-21(11-6-2)15(18)4/h7-9,12,19H,5-6,10-11,13H2,1-4H3. The van der Waals surface area contributed by atoms with E-state index < -0.39 is 0 Å². The summed E-state index contributed by atoms with van der Waals surface area (Å²) in [4.78, 5) is 0. The van der Waals surface area contributed by atoms with Crippen molar-refractivity contribution in [1.29, 1.82) is 0 Å². The van der Waals surface area contributed by atoms with E-state index in [1.165, 1.54) is 28.8 Å². The Bertz CT molecular complexity index is 584. The van der Waals surface area contributed by atoms with Gasteiger partial charge in [0.25, 0.3) is 0 Å². The van der Waals surface area contributed by atoms with Gasteiger partial charge >= 0.3 is 0 Å². The molecule has 3 nitrogen and oxygen atoms in total. The third-order valence-corrected chi connectivity index (χ3v) is 3.79. The molecule has 0 aliphatic carbocycles. The van der Waals surface area contributed by atoms with Crippen LogP contribution >= 0.6 is 0 Å². The first-order chi connectivity index (χ1) is 10.2. The highest BCUT2D eigenvalue weighted by Crippen LogP contribution is 2.27. The van der Waals surface area contributed by atoms with Crippen LogP contribution in [0.3, 0.4) is 0 Å². The Kier molecular flexibility index (Phi) is 5.57. The van der Waals surface area contributed by atoms with Crippen molar-refractivity contribution in [2.45, 2.75) is 53.6 Å². The molecule has 0 unspecified atom stereocenters. The molecule has 0 amide bonds. The molecule has 1 aromatic carbocycles. The maximum Gasteiger partial charge on any atom is 0.0674 e. The Balaban J connectivity index is 2.27. The fraction of sp³-hybridized carbons (Fsp3) is 0.500. The number of aromatic nitrogens is 2. The molecule has 1 aromatic heterocycles. The minimum absolute atomic E-state index is 0.933. The summed E-state index contributed by atoms with van der Waals surface area (Å²) in [5.74, 6) is 0. The Morgan fingerprint density at radius 3 is 2.67 bits per heavy atom. The molecule has 114 valence electrons. The summed E-state index contributed by atoms with van der Waals surface area (Å²) in [7, 11) is 0. The van der Waals surface area contributed by atoms with Gasteiger partial charge in [-0.3, -0.25) is 4.68 Å². The minimum atomic E-state index is 0.933. The van der Waals surface area contributed by atoms with Crippen molar-refractivity contribution in [3.63, 3.8) is 0 Å². The van der Waals surface area contributed by atoms with Crippen molar-refractivity contribution in [3.8, 4) is 11.1 Å². The molecule has 0 saturated carbocycles. The Labute approximate surface area is 128 Å². The molecule has 0 atom stereocenters. The van der Waals surface area contributed by atoms with E-state index in [0.717, 1.165) is 31.7 Å². The average Bonchev–Trinajstić information content (AvgIpc) is 2.75. The summed E-state index contributed by atoms with van der Waals surface area (Å²) < 4.78 is 2.13. The van der Waals surface area contributed by atoms with Crippen LogP contribution in [-0.2, 0) is 13.1 Å². The van der Waals surface area contributed by atoms with Crippen LogP contribution in [0.25, 0.3) is 11.1 Å². The zero-order valence-electron chi connectivity index (χ0n) is 13.7. The number of benzene rings is 1. The van der Waals surface area contributed by atoms with Crippen LogP contribution in [-0.4, -0.2) is 16.3 Å². The Hall–Kier alpha value is -1.61. The molecule has 0 fully saturated rings. The lowest BCUT2D eigenvalue weighted by Gasteiger charge is -2.08. The van der Waals surface area contributed by atoms with Gasteiger partial charge in [0.1, 0.15) is 0 Å². The zero-order chi connectivity index (χ0) is 15.2. The van der Waals surface area contributed by atoms with Gasteiger partial charge in [0.2, 0.25) is 0 Å². The summed E-state index contributed by atoms with van der Waals surface area (Å²) in [6, 6.07) is 8.81. The number of hydrogen-bond acceptors (Lipinski definition) is 2. The van der Waals surface area contributed by atoms with Crippen molar-refractivity contribution >= 4 is 0 Å². The van der Waals surface area contributed by atoms with E-state index in [9.17, 15) is 0 Å². The van der Waals surface area contributed by atoms with E-state index in [0.29, 0.717) is 0 Å². The molecule has 0 spiro atoms. The molecule has 0 saturated heterocycles. The SMILES string of the molecule is CCCNCc1cccc(-c2c(C)nn(CCC)c2C)c1. The summed E-state index contributed by atoms with van der Waals surface area (Å²) in [6.45, 7) is 11.7. The first kappa shape index (κ1) is 15.8. The van der Waals surface area contributed by atoms with Crippen LogP contribution in [0.2, 0.25) is 0 Å². The van der Waals surface area contributed by atoms with Crippen molar-refractivity contribution in [2.24, 2.45) is 0 Å². The fourth-order valence-corrected chi connectivity index (χ4v) is 2.79. The summed E-state index contributed by atoms with van der Waals surface area (Å²) in [6.07, 6.45) is 2.28. The van der Waals surface area contributed by atoms with E-state index in [4.69, 9.17) is 0 Å². The number of aryl methyl sites for hydroxylation is 2. The van der Waals surface area contributed by atoms with E-state index in [1.807, 2.05) is 0 Å². The summed E-state index contributed by atoms with van der Waals surface area (Å²) in [5, 5.41) is 8.15. The second-order valence-electron chi connectivity index (χ2n) is 5.65. The van der Waals surface area contributed by atoms with Crippen LogP contribution in [0.1, 0.15) is 43.6 Å². The lowest BCUT2D eigenvalue weighted by molar-refractivity contribution is 0.583. The minimum Gasteiger partial charge on any atom is -0.313 e. The largest absolute Gasteiger partial charge is 0.313 e. The first-order valence-electron chi connectivity index (χ1n) is 8.01. The van der Waals surface area contributed by atoms with E-state index in [2.05, 4.69) is 67.1 Å². The third-order valence-electron chi connectivity index (χ3n) is 3.79. The number of nitrogens with zero attached hydrogens (tertiary/aromatic N) is 2. The van der Waals surface area contributed by atoms with Crippen LogP contribution in [0, 0.1) is 13.8 Å². The quantitative estimate of drug-likeness (QED) is 0.777. The molecule has 2 aromatic rings. The molecule has 2 rings (SSSR count). The van der Waals surface area contributed by atoms with Crippen LogP contribution < -0.4 is 5.32 Å². The number of nitrogens with one attached hydrogen (secondary N) is 1. The van der Waals surface area contributed by atoms with Gasteiger partial charge < -0.3 is 5.32 Å². The van der Waals surface area contributed by atoms with E-state index in [1.54, 1.807) is 0 Å². The van der Waals surface area contributed by atoms with Gasteiger partial charge in [0.05, 0.1) is 5.69 Å². The molecule has 21 heavy (non-hydrogen) atoms. The lowest BCUT2D eigenvalue weighted by atomic mass is 10.0. The molecule has 0 radical (unpaired) electrons. The van der Waals surface area contributed by atoms with Gasteiger partial charge in [-0.2, -0.15) is 5.10 Å². The highest BCUT2D eigenvalue weighted by Gasteiger charge is 2.13. The predicted octanol–water partition coefficient (Wildman–Crippen LogP) is 4.08. The molecule has 0 aliphatic heterocycles. The molecular weight excluding hydrogens is 258 g/mol. The molecule has 3 heteroatoms. The topological polar surface area (TPSA) is 29.9 Å². The third kappa shape index (κ3) is 3.73. The molecule has 0 aliphatic rings. The van der Waals surface area contributed by atoms with Gasteiger partial charge in [0, 0.05) is 24.3 Å². The molecule has 1 heterocycles. The Morgan fingerprint density at radius 1 is 1.14 bits per heavy atom. The predicted molar refractivity (Wildman–Crippen MR) is 89.4 cm³/mol. The van der Waals surface area contributed by atoms with Crippen LogP contribution in [0.15, 0.2) is 24.3 Å². The maximum absolute atomic E-state index is 4.68. The van der Waals surface area contributed by atoms with Gasteiger partial charge in [-0.15, -0.1) is 0 Å². The van der Waals surface area contributed by atoms with Crippen molar-refractivity contribution in [1.82, 2.24) is 15.1 Å². The van der Waals surface area contributed by atoms with Gasteiger partial charge in [-0.05, 0) is 50.4 Å². The average molecular weight is 285 g/mol. The zero-order valence-corrected chi connectivity index (χ0v) is 13.7. The highest BCUT2D eigenvalue weighted by atomic mass is 15.3. The van der Waals surface area contributed by atoms with E-state index in [-0.39, 0.29) is 0 Å². The van der Waals surface area contributed by atoms with Crippen molar-refractivity contribution in [2.75, 3.05) is 6.54 Å². The van der Waals surface area contributed by atoms with Crippen LogP contribution in [0.4, 0.5) is 0 Å². The van der Waals surface area contributed by atoms with Crippen molar-refractivity contribution in [3.05, 3.63) is 41.2 Å². The monoisotopic (exact) mass is 285 g/mol. The van der Waals surface area contributed by atoms with Crippen molar-refractivity contribution < 1.29 is 0 Å². The Morgan fingerprint density at radius 2 is 1.95 bits per heavy atom. The first-order valence-corrected chi connectivity index (χ1v) is 8.01. The summed E-state index contributed by atoms with van der Waals surface area (Å²) >= 11 is 0. The van der Waals surface area contributed by atoms with Gasteiger partial charge in [0.15, 0.2) is 0 Å². The smallest absolute Gasteiger partial charge is 0.0674 e. The molecular formula is C18H27N3. The molecule has 0 bridgehead atoms. The van der Waals surface area contributed by atoms with Gasteiger partial charge in [-0.25, -0.2) is 0 Å². The second kappa shape index (κ2) is 7.41. The fourth-order valence-electron chi connectivity index (χ4n) is 2.79.